The molecule has 0 aromatic carbocycles. The Morgan fingerprint density at radius 3 is 2.47 bits per heavy atom. The van der Waals surface area contributed by atoms with Crippen LogP contribution in [-0.4, -0.2) is 43.0 Å². The minimum Gasteiger partial charge on any atom is -0.368 e. The quantitative estimate of drug-likeness (QED) is 0.705. The molecule has 1 rings (SSSR count). The Morgan fingerprint density at radius 2 is 1.95 bits per heavy atom. The second kappa shape index (κ2) is 8.54. The Kier molecular flexibility index (Phi) is 7.39. The van der Waals surface area contributed by atoms with Gasteiger partial charge in [-0.1, -0.05) is 33.1 Å². The number of carbonyl (C=O) groups excluding carboxylic acids is 1. The zero-order chi connectivity index (χ0) is 14.3. The number of nitrogens with two attached hydrogens (primary N) is 1. The van der Waals surface area contributed by atoms with Crippen LogP contribution in [0.5, 0.6) is 0 Å². The summed E-state index contributed by atoms with van der Waals surface area (Å²) in [5.74, 6) is 0.614. The summed E-state index contributed by atoms with van der Waals surface area (Å²) >= 11 is 0. The van der Waals surface area contributed by atoms with Gasteiger partial charge in [-0.05, 0) is 38.8 Å². The molecule has 19 heavy (non-hydrogen) atoms. The molecule has 1 aliphatic rings. The van der Waals surface area contributed by atoms with Crippen molar-refractivity contribution in [2.45, 2.75) is 64.5 Å². The van der Waals surface area contributed by atoms with Gasteiger partial charge in [-0.3, -0.25) is 4.79 Å². The number of primary amides is 1. The van der Waals surface area contributed by atoms with E-state index < -0.39 is 0 Å². The third kappa shape index (κ3) is 6.92. The second-order valence-electron chi connectivity index (χ2n) is 6.33. The third-order valence-electron chi connectivity index (χ3n) is 3.97. The standard InChI is InChI=1S/C15H31N3O/c1-12(2)17-14(15(16)19)9-10-18(3)11-13-7-5-4-6-8-13/h12-14,17H,4-11H2,1-3H3,(H2,16,19). The van der Waals surface area contributed by atoms with Gasteiger partial charge in [-0.25, -0.2) is 0 Å². The first-order valence-electron chi connectivity index (χ1n) is 7.73. The number of hydrogen-bond acceptors (Lipinski definition) is 3. The van der Waals surface area contributed by atoms with Crippen molar-refractivity contribution in [3.63, 3.8) is 0 Å². The van der Waals surface area contributed by atoms with E-state index >= 15 is 0 Å². The highest BCUT2D eigenvalue weighted by molar-refractivity contribution is 5.79. The first-order chi connectivity index (χ1) is 8.99. The normalized spacial score (nSPS) is 19.0. The van der Waals surface area contributed by atoms with Crippen LogP contribution in [0.15, 0.2) is 0 Å². The number of rotatable bonds is 8. The maximum absolute atomic E-state index is 11.4. The number of carbonyl (C=O) groups is 1. The van der Waals surface area contributed by atoms with Crippen molar-refractivity contribution in [3.8, 4) is 0 Å². The van der Waals surface area contributed by atoms with Crippen LogP contribution in [0.25, 0.3) is 0 Å². The summed E-state index contributed by atoms with van der Waals surface area (Å²) in [6.07, 6.45) is 7.72. The Bertz CT molecular complexity index is 262. The molecule has 0 aliphatic heterocycles. The summed E-state index contributed by atoms with van der Waals surface area (Å²) in [5, 5.41) is 3.24. The van der Waals surface area contributed by atoms with Crippen LogP contribution < -0.4 is 11.1 Å². The average molecular weight is 269 g/mol. The predicted molar refractivity (Wildman–Crippen MR) is 79.9 cm³/mol. The Balaban J connectivity index is 2.26. The first-order valence-corrected chi connectivity index (χ1v) is 7.73. The number of nitrogens with zero attached hydrogens (tertiary/aromatic N) is 1. The van der Waals surface area contributed by atoms with E-state index in [2.05, 4.69) is 17.3 Å². The maximum atomic E-state index is 11.4. The number of hydrogen-bond donors (Lipinski definition) is 2. The highest BCUT2D eigenvalue weighted by atomic mass is 16.1. The van der Waals surface area contributed by atoms with Gasteiger partial charge in [0.25, 0.3) is 0 Å². The van der Waals surface area contributed by atoms with Crippen molar-refractivity contribution < 1.29 is 4.79 Å². The van der Waals surface area contributed by atoms with Crippen LogP contribution in [0.4, 0.5) is 0 Å². The molecule has 0 aromatic rings. The molecule has 1 atom stereocenters. The van der Waals surface area contributed by atoms with Gasteiger partial charge in [0.15, 0.2) is 0 Å². The van der Waals surface area contributed by atoms with Crippen LogP contribution in [0.2, 0.25) is 0 Å². The van der Waals surface area contributed by atoms with Crippen LogP contribution in [0.1, 0.15) is 52.4 Å². The molecule has 0 aromatic heterocycles. The SMILES string of the molecule is CC(C)NC(CCN(C)CC1CCCCC1)C(N)=O. The lowest BCUT2D eigenvalue weighted by Gasteiger charge is -2.28. The molecule has 4 nitrogen and oxygen atoms in total. The Labute approximate surface area is 118 Å². The van der Waals surface area contributed by atoms with E-state index in [-0.39, 0.29) is 11.9 Å². The molecule has 3 N–H and O–H groups in total. The van der Waals surface area contributed by atoms with Crippen LogP contribution in [0, 0.1) is 5.92 Å². The van der Waals surface area contributed by atoms with Gasteiger partial charge in [0.05, 0.1) is 6.04 Å². The maximum Gasteiger partial charge on any atom is 0.234 e. The molecule has 0 saturated heterocycles. The summed E-state index contributed by atoms with van der Waals surface area (Å²) in [6, 6.07) is 0.0926. The molecular weight excluding hydrogens is 238 g/mol. The molecule has 0 radical (unpaired) electrons. The van der Waals surface area contributed by atoms with Gasteiger partial charge < -0.3 is 16.0 Å². The smallest absolute Gasteiger partial charge is 0.234 e. The molecule has 0 bridgehead atoms. The van der Waals surface area contributed by atoms with Crippen molar-refractivity contribution >= 4 is 5.91 Å². The van der Waals surface area contributed by atoms with Crippen LogP contribution >= 0.6 is 0 Å². The molecule has 4 heteroatoms. The van der Waals surface area contributed by atoms with Gasteiger partial charge in [-0.2, -0.15) is 0 Å². The third-order valence-corrected chi connectivity index (χ3v) is 3.97. The van der Waals surface area contributed by atoms with E-state index in [1.54, 1.807) is 0 Å². The summed E-state index contributed by atoms with van der Waals surface area (Å²) in [4.78, 5) is 13.7. The van der Waals surface area contributed by atoms with Crippen molar-refractivity contribution in [1.82, 2.24) is 10.2 Å². The van der Waals surface area contributed by atoms with E-state index in [0.29, 0.717) is 6.04 Å². The molecule has 0 heterocycles. The highest BCUT2D eigenvalue weighted by Gasteiger charge is 2.19. The van der Waals surface area contributed by atoms with Crippen molar-refractivity contribution in [2.24, 2.45) is 11.7 Å². The average Bonchev–Trinajstić information content (AvgIpc) is 2.35. The topological polar surface area (TPSA) is 58.4 Å². The molecule has 1 aliphatic carbocycles. The summed E-state index contributed by atoms with van der Waals surface area (Å²) in [5.41, 5.74) is 5.44. The van der Waals surface area contributed by atoms with Gasteiger partial charge in [0, 0.05) is 12.6 Å². The molecule has 1 amide bonds. The molecule has 1 saturated carbocycles. The molecule has 112 valence electrons. The molecule has 1 unspecified atom stereocenters. The van der Waals surface area contributed by atoms with Gasteiger partial charge >= 0.3 is 0 Å². The van der Waals surface area contributed by atoms with Crippen LogP contribution in [-0.2, 0) is 4.79 Å². The lowest BCUT2D eigenvalue weighted by Crippen LogP contribution is -2.46. The van der Waals surface area contributed by atoms with Gasteiger partial charge in [-0.15, -0.1) is 0 Å². The minimum absolute atomic E-state index is 0.200. The Hall–Kier alpha value is -0.610. The largest absolute Gasteiger partial charge is 0.368 e. The fourth-order valence-electron chi connectivity index (χ4n) is 2.96. The van der Waals surface area contributed by atoms with Gasteiger partial charge in [0.2, 0.25) is 5.91 Å². The van der Waals surface area contributed by atoms with E-state index in [9.17, 15) is 4.79 Å². The summed E-state index contributed by atoms with van der Waals surface area (Å²) in [7, 11) is 2.15. The molecule has 0 spiro atoms. The minimum atomic E-state index is -0.236. The van der Waals surface area contributed by atoms with E-state index in [4.69, 9.17) is 5.73 Å². The zero-order valence-electron chi connectivity index (χ0n) is 12.8. The van der Waals surface area contributed by atoms with E-state index in [0.717, 1.165) is 25.4 Å². The monoisotopic (exact) mass is 269 g/mol. The van der Waals surface area contributed by atoms with E-state index in [1.165, 1.54) is 32.1 Å². The predicted octanol–water partition coefficient (Wildman–Crippen LogP) is 1.74. The fraction of sp³-hybridized carbons (Fsp3) is 0.933. The van der Waals surface area contributed by atoms with Crippen molar-refractivity contribution in [1.29, 1.82) is 0 Å². The highest BCUT2D eigenvalue weighted by Crippen LogP contribution is 2.24. The number of amides is 1. The zero-order valence-corrected chi connectivity index (χ0v) is 12.8. The van der Waals surface area contributed by atoms with E-state index in [1.807, 2.05) is 13.8 Å². The van der Waals surface area contributed by atoms with Gasteiger partial charge in [0.1, 0.15) is 0 Å². The second-order valence-corrected chi connectivity index (χ2v) is 6.33. The summed E-state index contributed by atoms with van der Waals surface area (Å²) in [6.45, 7) is 6.18. The lowest BCUT2D eigenvalue weighted by molar-refractivity contribution is -0.120. The molecular formula is C15H31N3O. The lowest BCUT2D eigenvalue weighted by atomic mass is 9.89. The van der Waals surface area contributed by atoms with Crippen LogP contribution in [0.3, 0.4) is 0 Å². The molecule has 1 fully saturated rings. The number of nitrogens with one attached hydrogen (secondary N) is 1. The van der Waals surface area contributed by atoms with Crippen molar-refractivity contribution in [2.75, 3.05) is 20.1 Å². The Morgan fingerprint density at radius 1 is 1.32 bits per heavy atom. The fourth-order valence-corrected chi connectivity index (χ4v) is 2.96. The first kappa shape index (κ1) is 16.4. The van der Waals surface area contributed by atoms with Crippen molar-refractivity contribution in [3.05, 3.63) is 0 Å². The summed E-state index contributed by atoms with van der Waals surface area (Å²) < 4.78 is 0.